The van der Waals surface area contributed by atoms with Crippen LogP contribution in [0.4, 0.5) is 0 Å². The van der Waals surface area contributed by atoms with Crippen LogP contribution in [0.3, 0.4) is 0 Å². The fraction of sp³-hybridized carbons (Fsp3) is 0.208. The molecule has 2 aromatic carbocycles. The molecule has 2 N–H and O–H groups in total. The first-order valence-electron chi connectivity index (χ1n) is 10.0. The van der Waals surface area contributed by atoms with E-state index in [4.69, 9.17) is 10.8 Å². The van der Waals surface area contributed by atoms with Crippen LogP contribution in [0.15, 0.2) is 73.4 Å². The second-order valence-corrected chi connectivity index (χ2v) is 7.46. The number of hydrogen-bond donors (Lipinski definition) is 1. The first-order valence-corrected chi connectivity index (χ1v) is 10.0. The zero-order chi connectivity index (χ0) is 21.1. The molecular formula is C24H24N4O2. The molecule has 2 heterocycles. The van der Waals surface area contributed by atoms with E-state index in [0.717, 1.165) is 29.5 Å². The second kappa shape index (κ2) is 8.37. The normalized spacial score (nSPS) is 16.3. The Balaban J connectivity index is 1.64. The summed E-state index contributed by atoms with van der Waals surface area (Å²) in [4.78, 5) is 25.9. The van der Waals surface area contributed by atoms with E-state index in [1.165, 1.54) is 6.08 Å². The van der Waals surface area contributed by atoms with Crippen LogP contribution in [0.5, 0.6) is 0 Å². The van der Waals surface area contributed by atoms with E-state index in [9.17, 15) is 9.59 Å². The van der Waals surface area contributed by atoms with Crippen molar-refractivity contribution in [2.75, 3.05) is 13.1 Å². The summed E-state index contributed by atoms with van der Waals surface area (Å²) in [6, 6.07) is 18.0. The Morgan fingerprint density at radius 2 is 1.70 bits per heavy atom. The lowest BCUT2D eigenvalue weighted by Gasteiger charge is -2.32. The summed E-state index contributed by atoms with van der Waals surface area (Å²) >= 11 is 0. The molecule has 0 radical (unpaired) electrons. The van der Waals surface area contributed by atoms with Crippen molar-refractivity contribution in [1.82, 2.24) is 14.7 Å². The third-order valence-electron chi connectivity index (χ3n) is 5.52. The molecule has 4 rings (SSSR count). The highest BCUT2D eigenvalue weighted by atomic mass is 16.2. The Bertz CT molecular complexity index is 1070. The zero-order valence-corrected chi connectivity index (χ0v) is 16.7. The Morgan fingerprint density at radius 3 is 2.37 bits per heavy atom. The number of carbonyl (C=O) groups is 2. The van der Waals surface area contributed by atoms with Crippen molar-refractivity contribution < 1.29 is 9.59 Å². The second-order valence-electron chi connectivity index (χ2n) is 7.46. The standard InChI is InChI=1S/C24H24N4O2/c1-2-22(29)27-14-6-9-20(15-27)28-16-21(24(25)30)23(26-28)19-12-10-18(11-13-19)17-7-4-3-5-8-17/h2-5,7-8,10-13,16,20H,1,6,9,14-15H2,(H2,25,30)/t20-/m1/s1. The van der Waals surface area contributed by atoms with E-state index in [1.807, 2.05) is 42.5 Å². The Kier molecular flexibility index (Phi) is 5.48. The van der Waals surface area contributed by atoms with E-state index in [2.05, 4.69) is 18.7 Å². The maximum atomic E-state index is 12.1. The average molecular weight is 400 g/mol. The van der Waals surface area contributed by atoms with E-state index in [-0.39, 0.29) is 11.9 Å². The summed E-state index contributed by atoms with van der Waals surface area (Å²) in [6.45, 7) is 4.82. The quantitative estimate of drug-likeness (QED) is 0.664. The lowest BCUT2D eigenvalue weighted by molar-refractivity contribution is -0.127. The molecule has 3 aromatic rings. The Labute approximate surface area is 175 Å². The highest BCUT2D eigenvalue weighted by Gasteiger charge is 2.26. The first kappa shape index (κ1) is 19.6. The van der Waals surface area contributed by atoms with Gasteiger partial charge in [-0.3, -0.25) is 14.3 Å². The van der Waals surface area contributed by atoms with Gasteiger partial charge in [-0.05, 0) is 30.0 Å². The van der Waals surface area contributed by atoms with Gasteiger partial charge in [0.25, 0.3) is 5.91 Å². The maximum Gasteiger partial charge on any atom is 0.252 e. The van der Waals surface area contributed by atoms with Crippen molar-refractivity contribution in [1.29, 1.82) is 0 Å². The number of hydrogen-bond acceptors (Lipinski definition) is 3. The summed E-state index contributed by atoms with van der Waals surface area (Å²) in [5.41, 5.74) is 9.63. The number of rotatable bonds is 5. The van der Waals surface area contributed by atoms with Crippen molar-refractivity contribution in [2.45, 2.75) is 18.9 Å². The molecule has 1 aliphatic rings. The highest BCUT2D eigenvalue weighted by molar-refractivity contribution is 5.98. The summed E-state index contributed by atoms with van der Waals surface area (Å²) in [7, 11) is 0. The van der Waals surface area contributed by atoms with Gasteiger partial charge in [-0.2, -0.15) is 5.10 Å². The summed E-state index contributed by atoms with van der Waals surface area (Å²) in [5, 5.41) is 4.70. The number of piperidine rings is 1. The molecule has 0 aliphatic carbocycles. The van der Waals surface area contributed by atoms with E-state index in [1.54, 1.807) is 15.8 Å². The molecule has 0 saturated carbocycles. The van der Waals surface area contributed by atoms with E-state index < -0.39 is 5.91 Å². The third-order valence-corrected chi connectivity index (χ3v) is 5.52. The fourth-order valence-electron chi connectivity index (χ4n) is 3.92. The minimum absolute atomic E-state index is 0.00177. The monoisotopic (exact) mass is 400 g/mol. The Hall–Kier alpha value is -3.67. The minimum Gasteiger partial charge on any atom is -0.365 e. The topological polar surface area (TPSA) is 81.2 Å². The Morgan fingerprint density at radius 1 is 1.03 bits per heavy atom. The van der Waals surface area contributed by atoms with Gasteiger partial charge >= 0.3 is 0 Å². The van der Waals surface area contributed by atoms with Crippen LogP contribution in [-0.4, -0.2) is 39.6 Å². The number of likely N-dealkylation sites (tertiary alicyclic amines) is 1. The van der Waals surface area contributed by atoms with Gasteiger partial charge in [-0.15, -0.1) is 0 Å². The van der Waals surface area contributed by atoms with Crippen LogP contribution in [0.1, 0.15) is 29.2 Å². The van der Waals surface area contributed by atoms with Crippen molar-refractivity contribution in [3.63, 3.8) is 0 Å². The molecule has 1 fully saturated rings. The number of primary amides is 1. The van der Waals surface area contributed by atoms with Gasteiger partial charge in [0.05, 0.1) is 11.6 Å². The van der Waals surface area contributed by atoms with Crippen molar-refractivity contribution in [2.24, 2.45) is 5.73 Å². The van der Waals surface area contributed by atoms with E-state index >= 15 is 0 Å². The third kappa shape index (κ3) is 3.89. The van der Waals surface area contributed by atoms with Crippen molar-refractivity contribution in [3.8, 4) is 22.4 Å². The lowest BCUT2D eigenvalue weighted by Crippen LogP contribution is -2.40. The smallest absolute Gasteiger partial charge is 0.252 e. The number of carbonyl (C=O) groups excluding carboxylic acids is 2. The van der Waals surface area contributed by atoms with Crippen LogP contribution >= 0.6 is 0 Å². The minimum atomic E-state index is -0.516. The van der Waals surface area contributed by atoms with Gasteiger partial charge in [-0.25, -0.2) is 0 Å². The van der Waals surface area contributed by atoms with Crippen LogP contribution in [0.2, 0.25) is 0 Å². The van der Waals surface area contributed by atoms with Crippen molar-refractivity contribution >= 4 is 11.8 Å². The molecule has 0 unspecified atom stereocenters. The molecule has 1 aromatic heterocycles. The molecule has 1 atom stereocenters. The summed E-state index contributed by atoms with van der Waals surface area (Å²) < 4.78 is 1.78. The number of nitrogens with zero attached hydrogens (tertiary/aromatic N) is 3. The molecule has 1 aliphatic heterocycles. The molecule has 2 amide bonds. The average Bonchev–Trinajstić information content (AvgIpc) is 3.25. The number of nitrogens with two attached hydrogens (primary N) is 1. The first-order chi connectivity index (χ1) is 14.6. The predicted octanol–water partition coefficient (Wildman–Crippen LogP) is 3.67. The van der Waals surface area contributed by atoms with E-state index in [0.29, 0.717) is 24.3 Å². The van der Waals surface area contributed by atoms with Gasteiger partial charge < -0.3 is 10.6 Å². The van der Waals surface area contributed by atoms with Gasteiger partial charge in [0.1, 0.15) is 5.69 Å². The predicted molar refractivity (Wildman–Crippen MR) is 117 cm³/mol. The van der Waals surface area contributed by atoms with Crippen LogP contribution in [-0.2, 0) is 4.79 Å². The van der Waals surface area contributed by atoms with Crippen LogP contribution < -0.4 is 5.73 Å². The molecule has 1 saturated heterocycles. The number of benzene rings is 2. The number of amides is 2. The lowest BCUT2D eigenvalue weighted by atomic mass is 10.0. The highest BCUT2D eigenvalue weighted by Crippen LogP contribution is 2.29. The molecule has 0 spiro atoms. The van der Waals surface area contributed by atoms with Gasteiger partial charge in [0, 0.05) is 24.8 Å². The SMILES string of the molecule is C=CC(=O)N1CCC[C@@H](n2cc(C(N)=O)c(-c3ccc(-c4ccccc4)cc3)n2)C1. The molecule has 152 valence electrons. The summed E-state index contributed by atoms with van der Waals surface area (Å²) in [6.07, 6.45) is 4.79. The molecule has 30 heavy (non-hydrogen) atoms. The van der Waals surface area contributed by atoms with Crippen LogP contribution in [0, 0.1) is 0 Å². The van der Waals surface area contributed by atoms with Gasteiger partial charge in [-0.1, -0.05) is 61.2 Å². The van der Waals surface area contributed by atoms with Gasteiger partial charge in [0.15, 0.2) is 0 Å². The zero-order valence-electron chi connectivity index (χ0n) is 16.7. The summed E-state index contributed by atoms with van der Waals surface area (Å²) in [5.74, 6) is -0.600. The molecular weight excluding hydrogens is 376 g/mol. The maximum absolute atomic E-state index is 12.1. The largest absolute Gasteiger partial charge is 0.365 e. The molecule has 6 nitrogen and oxygen atoms in total. The van der Waals surface area contributed by atoms with Crippen LogP contribution in [0.25, 0.3) is 22.4 Å². The fourth-order valence-corrected chi connectivity index (χ4v) is 3.92. The molecule has 0 bridgehead atoms. The molecule has 6 heteroatoms. The van der Waals surface area contributed by atoms with Crippen molar-refractivity contribution in [3.05, 3.63) is 79.0 Å². The number of aromatic nitrogens is 2. The van der Waals surface area contributed by atoms with Gasteiger partial charge in [0.2, 0.25) is 5.91 Å².